The molecule has 136 valence electrons. The van der Waals surface area contributed by atoms with E-state index in [4.69, 9.17) is 4.98 Å². The molecule has 1 aliphatic heterocycles. The zero-order valence-electron chi connectivity index (χ0n) is 14.5. The average Bonchev–Trinajstić information content (AvgIpc) is 3.31. The second-order valence-electron chi connectivity index (χ2n) is 6.61. The van der Waals surface area contributed by atoms with Crippen LogP contribution in [0.15, 0.2) is 43.0 Å². The number of nitriles is 1. The first-order valence-corrected chi connectivity index (χ1v) is 8.75. The van der Waals surface area contributed by atoms with Gasteiger partial charge in [0, 0.05) is 24.3 Å². The normalized spacial score (nSPS) is 16.9. The maximum absolute atomic E-state index is 9.18. The molecule has 0 aromatic carbocycles. The lowest BCUT2D eigenvalue weighted by atomic mass is 10.1. The van der Waals surface area contributed by atoms with Crippen molar-refractivity contribution >= 4 is 29.1 Å². The fourth-order valence-electron chi connectivity index (χ4n) is 3.65. The third kappa shape index (κ3) is 2.93. The Hall–Kier alpha value is -2.95. The molecule has 1 N–H and O–H groups in total. The maximum atomic E-state index is 9.18. The molecule has 4 aromatic heterocycles. The van der Waals surface area contributed by atoms with Crippen LogP contribution in [0.2, 0.25) is 0 Å². The molecule has 5 rings (SSSR count). The van der Waals surface area contributed by atoms with Crippen molar-refractivity contribution in [2.75, 3.05) is 13.1 Å². The van der Waals surface area contributed by atoms with Crippen molar-refractivity contribution in [3.05, 3.63) is 48.5 Å². The second kappa shape index (κ2) is 6.99. The summed E-state index contributed by atoms with van der Waals surface area (Å²) in [5.74, 6) is 0. The molecule has 0 radical (unpaired) electrons. The Balaban J connectivity index is 0.00000180. The zero-order chi connectivity index (χ0) is 17.5. The smallest absolute Gasteiger partial charge is 0.160 e. The van der Waals surface area contributed by atoms with Gasteiger partial charge < -0.3 is 9.88 Å². The van der Waals surface area contributed by atoms with Crippen molar-refractivity contribution in [3.63, 3.8) is 0 Å². The summed E-state index contributed by atoms with van der Waals surface area (Å²) in [4.78, 5) is 9.41. The summed E-state index contributed by atoms with van der Waals surface area (Å²) in [6.45, 7) is 2.02. The molecular formula is C19H18ClN7. The third-order valence-corrected chi connectivity index (χ3v) is 5.01. The number of hydrogen-bond donors (Lipinski definition) is 1. The summed E-state index contributed by atoms with van der Waals surface area (Å²) in [6, 6.07) is 10.1. The van der Waals surface area contributed by atoms with E-state index < -0.39 is 0 Å². The molecule has 0 amide bonds. The lowest BCUT2D eigenvalue weighted by molar-refractivity contribution is 0.376. The number of rotatable bonds is 2. The Bertz CT molecular complexity index is 1150. The summed E-state index contributed by atoms with van der Waals surface area (Å²) in [5, 5.41) is 17.0. The van der Waals surface area contributed by atoms with Gasteiger partial charge >= 0.3 is 0 Å². The summed E-state index contributed by atoms with van der Waals surface area (Å²) in [5.41, 5.74) is 5.03. The number of pyridine rings is 2. The first-order chi connectivity index (χ1) is 12.8. The molecule has 0 spiro atoms. The van der Waals surface area contributed by atoms with Crippen LogP contribution >= 0.6 is 12.4 Å². The Morgan fingerprint density at radius 2 is 2.19 bits per heavy atom. The number of imidazole rings is 1. The van der Waals surface area contributed by atoms with E-state index >= 15 is 0 Å². The van der Waals surface area contributed by atoms with Crippen LogP contribution in [0.3, 0.4) is 0 Å². The Morgan fingerprint density at radius 3 is 3.00 bits per heavy atom. The van der Waals surface area contributed by atoms with Crippen LogP contribution in [0, 0.1) is 11.3 Å². The number of nitrogens with zero attached hydrogens (tertiary/aromatic N) is 6. The molecule has 8 heteroatoms. The van der Waals surface area contributed by atoms with Crippen molar-refractivity contribution in [2.24, 2.45) is 0 Å². The van der Waals surface area contributed by atoms with Crippen molar-refractivity contribution in [2.45, 2.75) is 18.9 Å². The van der Waals surface area contributed by atoms with Crippen LogP contribution < -0.4 is 5.32 Å². The van der Waals surface area contributed by atoms with Gasteiger partial charge in [-0.25, -0.2) is 14.5 Å². The Kier molecular flexibility index (Phi) is 4.52. The van der Waals surface area contributed by atoms with Gasteiger partial charge in [-0.2, -0.15) is 10.4 Å². The van der Waals surface area contributed by atoms with Crippen molar-refractivity contribution in [1.29, 1.82) is 5.26 Å². The highest BCUT2D eigenvalue weighted by Gasteiger charge is 2.18. The van der Waals surface area contributed by atoms with E-state index in [1.165, 1.54) is 0 Å². The number of hydrogen-bond acceptors (Lipinski definition) is 5. The molecule has 1 aliphatic rings. The first-order valence-electron chi connectivity index (χ1n) is 8.75. The van der Waals surface area contributed by atoms with Crippen LogP contribution in [0.25, 0.3) is 27.9 Å². The summed E-state index contributed by atoms with van der Waals surface area (Å²) >= 11 is 0. The number of aromatic nitrogens is 5. The number of halogens is 1. The van der Waals surface area contributed by atoms with E-state index in [1.54, 1.807) is 23.0 Å². The summed E-state index contributed by atoms with van der Waals surface area (Å²) in [7, 11) is 0. The lowest BCUT2D eigenvalue weighted by Gasteiger charge is -2.24. The third-order valence-electron chi connectivity index (χ3n) is 5.01. The fraction of sp³-hybridized carbons (Fsp3) is 0.263. The fourth-order valence-corrected chi connectivity index (χ4v) is 3.65. The van der Waals surface area contributed by atoms with Crippen LogP contribution in [0.1, 0.15) is 24.4 Å². The predicted molar refractivity (Wildman–Crippen MR) is 105 cm³/mol. The van der Waals surface area contributed by atoms with Crippen LogP contribution in [0.4, 0.5) is 0 Å². The van der Waals surface area contributed by atoms with Gasteiger partial charge in [-0.15, -0.1) is 12.4 Å². The lowest BCUT2D eigenvalue weighted by Crippen LogP contribution is -2.31. The number of piperidine rings is 1. The highest BCUT2D eigenvalue weighted by atomic mass is 35.5. The largest absolute Gasteiger partial charge is 0.315 e. The van der Waals surface area contributed by atoms with E-state index in [-0.39, 0.29) is 12.4 Å². The molecule has 0 bridgehead atoms. The average molecular weight is 380 g/mol. The summed E-state index contributed by atoms with van der Waals surface area (Å²) in [6.07, 6.45) is 7.78. The minimum atomic E-state index is 0. The van der Waals surface area contributed by atoms with Gasteiger partial charge in [0.05, 0.1) is 35.4 Å². The monoisotopic (exact) mass is 379 g/mol. The van der Waals surface area contributed by atoms with Crippen LogP contribution in [-0.4, -0.2) is 37.2 Å². The molecule has 1 unspecified atom stereocenters. The summed E-state index contributed by atoms with van der Waals surface area (Å²) < 4.78 is 3.95. The predicted octanol–water partition coefficient (Wildman–Crippen LogP) is 2.96. The van der Waals surface area contributed by atoms with Gasteiger partial charge in [-0.1, -0.05) is 0 Å². The minimum Gasteiger partial charge on any atom is -0.315 e. The molecule has 7 nitrogen and oxygen atoms in total. The van der Waals surface area contributed by atoms with Crippen molar-refractivity contribution in [3.8, 4) is 17.3 Å². The molecule has 1 fully saturated rings. The minimum absolute atomic E-state index is 0. The van der Waals surface area contributed by atoms with Crippen molar-refractivity contribution in [1.82, 2.24) is 29.5 Å². The highest BCUT2D eigenvalue weighted by molar-refractivity contribution is 5.85. The standard InChI is InChI=1S/C19H17N7.ClH/c20-9-13-5-7-26-18(8-13)15(11-23-26)16-3-4-17-19(24-16)25(12-22-17)14-2-1-6-21-10-14;/h3-5,7-8,11-12,14,21H,1-2,6,10H2;1H. The van der Waals surface area contributed by atoms with E-state index in [1.807, 2.05) is 24.5 Å². The second-order valence-corrected chi connectivity index (χ2v) is 6.61. The zero-order valence-corrected chi connectivity index (χ0v) is 15.4. The van der Waals surface area contributed by atoms with Gasteiger partial charge in [-0.05, 0) is 43.7 Å². The maximum Gasteiger partial charge on any atom is 0.160 e. The molecule has 5 heterocycles. The van der Waals surface area contributed by atoms with Gasteiger partial charge in [0.25, 0.3) is 0 Å². The molecule has 1 atom stereocenters. The van der Waals surface area contributed by atoms with Crippen molar-refractivity contribution < 1.29 is 0 Å². The number of nitrogens with one attached hydrogen (secondary N) is 1. The molecule has 4 aromatic rings. The SMILES string of the molecule is Cl.N#Cc1ccn2ncc(-c3ccc4ncn(C5CCCNC5)c4n3)c2c1. The molecule has 27 heavy (non-hydrogen) atoms. The van der Waals surface area contributed by atoms with E-state index in [0.717, 1.165) is 53.9 Å². The van der Waals surface area contributed by atoms with E-state index in [2.05, 4.69) is 26.0 Å². The Morgan fingerprint density at radius 1 is 1.26 bits per heavy atom. The molecule has 0 aliphatic carbocycles. The van der Waals surface area contributed by atoms with Gasteiger partial charge in [0.2, 0.25) is 0 Å². The quantitative estimate of drug-likeness (QED) is 0.578. The van der Waals surface area contributed by atoms with Gasteiger partial charge in [-0.3, -0.25) is 0 Å². The van der Waals surface area contributed by atoms with Crippen LogP contribution in [-0.2, 0) is 0 Å². The topological polar surface area (TPSA) is 83.8 Å². The molecular weight excluding hydrogens is 362 g/mol. The number of fused-ring (bicyclic) bond motifs is 2. The Labute approximate surface area is 162 Å². The van der Waals surface area contributed by atoms with Crippen LogP contribution in [0.5, 0.6) is 0 Å². The van der Waals surface area contributed by atoms with Gasteiger partial charge in [0.15, 0.2) is 5.65 Å². The molecule has 0 saturated carbocycles. The highest BCUT2D eigenvalue weighted by Crippen LogP contribution is 2.27. The first kappa shape index (κ1) is 17.5. The van der Waals surface area contributed by atoms with E-state index in [0.29, 0.717) is 11.6 Å². The molecule has 1 saturated heterocycles. The van der Waals surface area contributed by atoms with Gasteiger partial charge in [0.1, 0.15) is 5.52 Å². The van der Waals surface area contributed by atoms with E-state index in [9.17, 15) is 5.26 Å².